The van der Waals surface area contributed by atoms with E-state index in [1.807, 2.05) is 37.5 Å². The van der Waals surface area contributed by atoms with Gasteiger partial charge >= 0.3 is 0 Å². The van der Waals surface area contributed by atoms with Crippen LogP contribution in [0.15, 0.2) is 48.9 Å². The molecular formula is C27H24Cl2N6O3. The van der Waals surface area contributed by atoms with Crippen molar-refractivity contribution in [2.75, 3.05) is 17.3 Å². The molecule has 0 bridgehead atoms. The number of nitrogens with one attached hydrogen (secondary N) is 1. The number of carbonyl (C=O) groups excluding carboxylic acids is 1. The fourth-order valence-corrected chi connectivity index (χ4v) is 5.97. The van der Waals surface area contributed by atoms with E-state index in [4.69, 9.17) is 32.9 Å². The van der Waals surface area contributed by atoms with Crippen LogP contribution < -0.4 is 15.0 Å². The summed E-state index contributed by atoms with van der Waals surface area (Å²) < 4.78 is 7.45. The molecule has 2 atom stereocenters. The zero-order valence-corrected chi connectivity index (χ0v) is 22.5. The van der Waals surface area contributed by atoms with E-state index >= 15 is 0 Å². The third-order valence-electron chi connectivity index (χ3n) is 7.14. The summed E-state index contributed by atoms with van der Waals surface area (Å²) in [6, 6.07) is 10.5. The van der Waals surface area contributed by atoms with E-state index in [9.17, 15) is 9.90 Å². The lowest BCUT2D eigenvalue weighted by Crippen LogP contribution is -2.50. The molecule has 11 heteroatoms. The number of aliphatic hydroxyl groups is 1. The van der Waals surface area contributed by atoms with Gasteiger partial charge in [0.1, 0.15) is 17.8 Å². The summed E-state index contributed by atoms with van der Waals surface area (Å²) in [4.78, 5) is 29.3. The molecule has 4 aromatic rings. The second kappa shape index (κ2) is 8.69. The number of aryl methyl sites for hydroxylation is 1. The highest BCUT2D eigenvalue weighted by atomic mass is 35.5. The minimum absolute atomic E-state index is 0.167. The molecule has 38 heavy (non-hydrogen) atoms. The van der Waals surface area contributed by atoms with Crippen molar-refractivity contribution in [2.24, 2.45) is 0 Å². The smallest absolute Gasteiger partial charge is 0.261 e. The molecule has 0 aliphatic carbocycles. The lowest BCUT2D eigenvalue weighted by atomic mass is 9.86. The number of imidazole rings is 1. The van der Waals surface area contributed by atoms with Gasteiger partial charge in [0, 0.05) is 39.2 Å². The van der Waals surface area contributed by atoms with Crippen molar-refractivity contribution in [3.05, 3.63) is 81.5 Å². The largest absolute Gasteiger partial charge is 0.480 e. The van der Waals surface area contributed by atoms with Crippen molar-refractivity contribution in [2.45, 2.75) is 38.6 Å². The minimum atomic E-state index is -1.47. The monoisotopic (exact) mass is 550 g/mol. The van der Waals surface area contributed by atoms with Gasteiger partial charge in [-0.05, 0) is 50.6 Å². The maximum Gasteiger partial charge on any atom is 0.261 e. The van der Waals surface area contributed by atoms with E-state index in [0.717, 1.165) is 5.56 Å². The molecule has 6 rings (SSSR count). The quantitative estimate of drug-likeness (QED) is 0.357. The third kappa shape index (κ3) is 3.22. The number of ether oxygens (including phenoxy) is 1. The predicted molar refractivity (Wildman–Crippen MR) is 145 cm³/mol. The van der Waals surface area contributed by atoms with Crippen molar-refractivity contribution < 1.29 is 14.6 Å². The van der Waals surface area contributed by atoms with E-state index in [2.05, 4.69) is 15.3 Å². The molecule has 1 amide bonds. The van der Waals surface area contributed by atoms with Crippen LogP contribution in [0.2, 0.25) is 10.0 Å². The Labute approximate surface area is 229 Å². The van der Waals surface area contributed by atoms with Crippen LogP contribution in [-0.4, -0.2) is 37.6 Å². The zero-order chi connectivity index (χ0) is 26.9. The Bertz CT molecular complexity index is 1620. The fourth-order valence-electron chi connectivity index (χ4n) is 5.64. The van der Waals surface area contributed by atoms with E-state index < -0.39 is 11.8 Å². The van der Waals surface area contributed by atoms with Crippen LogP contribution in [0.3, 0.4) is 0 Å². The van der Waals surface area contributed by atoms with Crippen LogP contribution in [0.1, 0.15) is 48.6 Å². The first-order valence-electron chi connectivity index (χ1n) is 12.0. The molecule has 2 N–H and O–H groups in total. The summed E-state index contributed by atoms with van der Waals surface area (Å²) in [6.07, 6.45) is 1.73. The first-order chi connectivity index (χ1) is 18.2. The maximum absolute atomic E-state index is 14.3. The standard InChI is InChI=1S/C27H24Cl2N6O3/c1-13(2)34-22-21(33-23(34)17-11-30-12-31-24(17)38-4)25(36)35(20-10-16(29)6-5-14(20)3)27(22)18-8-7-15(28)9-19(18)32-26(27)37/h5-13,25,36H,1-4H3,(H,32,37). The first-order valence-corrected chi connectivity index (χ1v) is 12.8. The SMILES string of the molecule is COc1ncncc1-c1nc2c(n1C(C)C)C1(C(=O)Nc3cc(Cl)ccc31)N(c1cc(Cl)ccc1C)C2O. The molecule has 0 saturated carbocycles. The molecule has 2 unspecified atom stereocenters. The molecule has 2 aromatic heterocycles. The number of amides is 1. The molecule has 1 spiro atoms. The average Bonchev–Trinajstić information content (AvgIpc) is 3.49. The zero-order valence-electron chi connectivity index (χ0n) is 21.0. The number of methoxy groups -OCH3 is 1. The number of benzene rings is 2. The Hall–Kier alpha value is -3.66. The van der Waals surface area contributed by atoms with E-state index in [-0.39, 0.29) is 11.9 Å². The van der Waals surface area contributed by atoms with Gasteiger partial charge in [0.2, 0.25) is 5.88 Å². The minimum Gasteiger partial charge on any atom is -0.480 e. The molecule has 2 aliphatic heterocycles. The van der Waals surface area contributed by atoms with E-state index in [0.29, 0.717) is 55.6 Å². The Kier molecular flexibility index (Phi) is 5.64. The van der Waals surface area contributed by atoms with Crippen molar-refractivity contribution in [1.29, 1.82) is 0 Å². The fraction of sp³-hybridized carbons (Fsp3) is 0.259. The number of aromatic nitrogens is 4. The molecule has 2 aliphatic rings. The number of nitrogens with zero attached hydrogens (tertiary/aromatic N) is 5. The van der Waals surface area contributed by atoms with Gasteiger partial charge in [-0.2, -0.15) is 0 Å². The number of aliphatic hydroxyl groups excluding tert-OH is 1. The Balaban J connectivity index is 1.74. The van der Waals surface area contributed by atoms with Gasteiger partial charge in [0.15, 0.2) is 11.8 Å². The van der Waals surface area contributed by atoms with Crippen molar-refractivity contribution in [3.63, 3.8) is 0 Å². The topological polar surface area (TPSA) is 105 Å². The third-order valence-corrected chi connectivity index (χ3v) is 7.61. The first kappa shape index (κ1) is 24.7. The van der Waals surface area contributed by atoms with Crippen LogP contribution >= 0.6 is 23.2 Å². The highest BCUT2D eigenvalue weighted by Crippen LogP contribution is 2.58. The van der Waals surface area contributed by atoms with Gasteiger partial charge in [-0.3, -0.25) is 4.79 Å². The summed E-state index contributed by atoms with van der Waals surface area (Å²) in [6.45, 7) is 5.89. The Morgan fingerprint density at radius 3 is 2.63 bits per heavy atom. The maximum atomic E-state index is 14.3. The predicted octanol–water partition coefficient (Wildman–Crippen LogP) is 5.25. The average molecular weight is 551 g/mol. The molecule has 4 heterocycles. The Morgan fingerprint density at radius 1 is 1.16 bits per heavy atom. The van der Waals surface area contributed by atoms with Gasteiger partial charge in [0.05, 0.1) is 18.4 Å². The summed E-state index contributed by atoms with van der Waals surface area (Å²) in [7, 11) is 1.52. The lowest BCUT2D eigenvalue weighted by Gasteiger charge is -2.39. The molecule has 0 radical (unpaired) electrons. The second-order valence-electron chi connectivity index (χ2n) is 9.61. The van der Waals surface area contributed by atoms with Gasteiger partial charge in [0.25, 0.3) is 5.91 Å². The summed E-state index contributed by atoms with van der Waals surface area (Å²) in [5.74, 6) is 0.481. The highest BCUT2D eigenvalue weighted by molar-refractivity contribution is 6.31. The van der Waals surface area contributed by atoms with Gasteiger partial charge in [-0.25, -0.2) is 15.0 Å². The summed E-state index contributed by atoms with van der Waals surface area (Å²) >= 11 is 12.7. The van der Waals surface area contributed by atoms with E-state index in [1.165, 1.54) is 13.4 Å². The molecule has 9 nitrogen and oxygen atoms in total. The van der Waals surface area contributed by atoms with E-state index in [1.54, 1.807) is 35.4 Å². The second-order valence-corrected chi connectivity index (χ2v) is 10.5. The van der Waals surface area contributed by atoms with Crippen molar-refractivity contribution in [1.82, 2.24) is 19.5 Å². The van der Waals surface area contributed by atoms with Crippen LogP contribution in [0, 0.1) is 6.92 Å². The van der Waals surface area contributed by atoms with Gasteiger partial charge in [-0.15, -0.1) is 0 Å². The van der Waals surface area contributed by atoms with Gasteiger partial charge in [-0.1, -0.05) is 35.3 Å². The Morgan fingerprint density at radius 2 is 1.89 bits per heavy atom. The van der Waals surface area contributed by atoms with Crippen LogP contribution in [-0.2, 0) is 10.3 Å². The van der Waals surface area contributed by atoms with Crippen molar-refractivity contribution in [3.8, 4) is 17.3 Å². The number of hydrogen-bond acceptors (Lipinski definition) is 7. The number of rotatable bonds is 4. The number of anilines is 2. The normalized spacial score (nSPS) is 19.7. The van der Waals surface area contributed by atoms with Crippen molar-refractivity contribution >= 4 is 40.5 Å². The number of halogens is 2. The van der Waals surface area contributed by atoms with Crippen LogP contribution in [0.5, 0.6) is 5.88 Å². The van der Waals surface area contributed by atoms with Crippen LogP contribution in [0.4, 0.5) is 11.4 Å². The molecular weight excluding hydrogens is 527 g/mol. The molecule has 0 fully saturated rings. The summed E-state index contributed by atoms with van der Waals surface area (Å²) in [5.41, 5.74) is 2.61. The number of fused-ring (bicyclic) bond motifs is 4. The molecule has 194 valence electrons. The molecule has 2 aromatic carbocycles. The molecule has 0 saturated heterocycles. The lowest BCUT2D eigenvalue weighted by molar-refractivity contribution is -0.120. The van der Waals surface area contributed by atoms with Gasteiger partial charge < -0.3 is 24.6 Å². The number of carbonyl (C=O) groups is 1. The highest BCUT2D eigenvalue weighted by Gasteiger charge is 2.64. The number of hydrogen-bond donors (Lipinski definition) is 2. The van der Waals surface area contributed by atoms with Crippen LogP contribution in [0.25, 0.3) is 11.4 Å². The summed E-state index contributed by atoms with van der Waals surface area (Å²) in [5, 5.41) is 15.9.